The molecule has 2 rings (SSSR count). The Morgan fingerprint density at radius 1 is 1.35 bits per heavy atom. The van der Waals surface area contributed by atoms with Crippen LogP contribution in [0.1, 0.15) is 0 Å². The molecule has 6 heteroatoms. The second-order valence-corrected chi connectivity index (χ2v) is 4.20. The normalized spacial score (nSPS) is 10.2. The van der Waals surface area contributed by atoms with E-state index in [0.29, 0.717) is 15.7 Å². The minimum atomic E-state index is -0.174. The summed E-state index contributed by atoms with van der Waals surface area (Å²) in [5, 5.41) is 7.50. The molecule has 0 aliphatic carbocycles. The van der Waals surface area contributed by atoms with E-state index in [1.165, 1.54) is 4.68 Å². The molecular weight excluding hydrogens is 261 g/mol. The lowest BCUT2D eigenvalue weighted by molar-refractivity contribution is -0.116. The molecule has 4 nitrogen and oxygen atoms in total. The Labute approximate surface area is 108 Å². The molecule has 0 fully saturated rings. The fourth-order valence-corrected chi connectivity index (χ4v) is 1.61. The molecule has 0 aliphatic heterocycles. The summed E-state index contributed by atoms with van der Waals surface area (Å²) in [6, 6.07) is 6.68. The first-order valence-electron chi connectivity index (χ1n) is 4.87. The Kier molecular flexibility index (Phi) is 3.66. The standard InChI is InChI=1S/C11H9Cl2N3O/c12-9-3-2-8(6-10(9)13)15-11(17)7-16-5-1-4-14-16/h1-6H,7H2,(H,15,17). The number of amides is 1. The van der Waals surface area contributed by atoms with Crippen LogP contribution in [-0.4, -0.2) is 15.7 Å². The van der Waals surface area contributed by atoms with E-state index in [1.807, 2.05) is 0 Å². The van der Waals surface area contributed by atoms with Crippen molar-refractivity contribution in [1.82, 2.24) is 9.78 Å². The number of nitrogens with one attached hydrogen (secondary N) is 1. The molecule has 0 saturated carbocycles. The first-order chi connectivity index (χ1) is 8.15. The van der Waals surface area contributed by atoms with Gasteiger partial charge in [-0.2, -0.15) is 5.10 Å². The van der Waals surface area contributed by atoms with Crippen LogP contribution in [0.3, 0.4) is 0 Å². The van der Waals surface area contributed by atoms with Gasteiger partial charge in [-0.3, -0.25) is 9.48 Å². The molecule has 88 valence electrons. The van der Waals surface area contributed by atoms with Gasteiger partial charge in [-0.15, -0.1) is 0 Å². The summed E-state index contributed by atoms with van der Waals surface area (Å²) >= 11 is 11.6. The maximum atomic E-state index is 11.6. The second kappa shape index (κ2) is 5.21. The zero-order chi connectivity index (χ0) is 12.3. The van der Waals surface area contributed by atoms with Crippen molar-refractivity contribution in [2.24, 2.45) is 0 Å². The first kappa shape index (κ1) is 12.0. The van der Waals surface area contributed by atoms with Crippen LogP contribution in [0.4, 0.5) is 5.69 Å². The fraction of sp³-hybridized carbons (Fsp3) is 0.0909. The minimum Gasteiger partial charge on any atom is -0.324 e. The van der Waals surface area contributed by atoms with E-state index in [-0.39, 0.29) is 12.5 Å². The third kappa shape index (κ3) is 3.22. The van der Waals surface area contributed by atoms with Gasteiger partial charge in [-0.25, -0.2) is 0 Å². The third-order valence-electron chi connectivity index (χ3n) is 2.07. The van der Waals surface area contributed by atoms with Crippen LogP contribution in [-0.2, 0) is 11.3 Å². The van der Waals surface area contributed by atoms with Crippen molar-refractivity contribution >= 4 is 34.8 Å². The Balaban J connectivity index is 2.00. The minimum absolute atomic E-state index is 0.160. The number of hydrogen-bond acceptors (Lipinski definition) is 2. The summed E-state index contributed by atoms with van der Waals surface area (Å²) in [7, 11) is 0. The molecule has 1 aromatic carbocycles. The van der Waals surface area contributed by atoms with E-state index in [1.54, 1.807) is 36.7 Å². The predicted octanol–water partition coefficient (Wildman–Crippen LogP) is 2.83. The van der Waals surface area contributed by atoms with Crippen molar-refractivity contribution in [3.63, 3.8) is 0 Å². The van der Waals surface area contributed by atoms with Crippen molar-refractivity contribution in [3.8, 4) is 0 Å². The Hall–Kier alpha value is -1.52. The highest BCUT2D eigenvalue weighted by atomic mass is 35.5. The number of nitrogens with zero attached hydrogens (tertiary/aromatic N) is 2. The van der Waals surface area contributed by atoms with Crippen molar-refractivity contribution in [3.05, 3.63) is 46.7 Å². The van der Waals surface area contributed by atoms with E-state index in [0.717, 1.165) is 0 Å². The molecule has 0 spiro atoms. The summed E-state index contributed by atoms with van der Waals surface area (Å²) in [6.07, 6.45) is 3.33. The lowest BCUT2D eigenvalue weighted by atomic mass is 10.3. The largest absolute Gasteiger partial charge is 0.324 e. The van der Waals surface area contributed by atoms with Crippen LogP contribution in [0.2, 0.25) is 10.0 Å². The van der Waals surface area contributed by atoms with Gasteiger partial charge in [0.25, 0.3) is 0 Å². The summed E-state index contributed by atoms with van der Waals surface area (Å²) in [5.74, 6) is -0.174. The van der Waals surface area contributed by atoms with E-state index in [9.17, 15) is 4.79 Å². The SMILES string of the molecule is O=C(Cn1cccn1)Nc1ccc(Cl)c(Cl)c1. The topological polar surface area (TPSA) is 46.9 Å². The van der Waals surface area contributed by atoms with Crippen LogP contribution in [0.25, 0.3) is 0 Å². The molecule has 0 unspecified atom stereocenters. The maximum absolute atomic E-state index is 11.6. The number of rotatable bonds is 3. The molecule has 17 heavy (non-hydrogen) atoms. The molecule has 0 bridgehead atoms. The van der Waals surface area contributed by atoms with Gasteiger partial charge in [-0.05, 0) is 24.3 Å². The van der Waals surface area contributed by atoms with E-state index >= 15 is 0 Å². The van der Waals surface area contributed by atoms with Crippen molar-refractivity contribution < 1.29 is 4.79 Å². The fourth-order valence-electron chi connectivity index (χ4n) is 1.32. The molecule has 0 atom stereocenters. The number of carbonyl (C=O) groups is 1. The van der Waals surface area contributed by atoms with Crippen LogP contribution < -0.4 is 5.32 Å². The summed E-state index contributed by atoms with van der Waals surface area (Å²) in [4.78, 5) is 11.6. The van der Waals surface area contributed by atoms with Crippen LogP contribution in [0.5, 0.6) is 0 Å². The number of carbonyl (C=O) groups excluding carboxylic acids is 1. The smallest absolute Gasteiger partial charge is 0.246 e. The summed E-state index contributed by atoms with van der Waals surface area (Å²) in [5.41, 5.74) is 0.608. The van der Waals surface area contributed by atoms with Gasteiger partial charge >= 0.3 is 0 Å². The summed E-state index contributed by atoms with van der Waals surface area (Å²) < 4.78 is 1.53. The van der Waals surface area contributed by atoms with Gasteiger partial charge in [0.05, 0.1) is 10.0 Å². The third-order valence-corrected chi connectivity index (χ3v) is 2.81. The number of anilines is 1. The molecule has 1 N–H and O–H groups in total. The van der Waals surface area contributed by atoms with E-state index in [4.69, 9.17) is 23.2 Å². The van der Waals surface area contributed by atoms with E-state index < -0.39 is 0 Å². The molecule has 0 saturated heterocycles. The van der Waals surface area contributed by atoms with Gasteiger partial charge in [0, 0.05) is 18.1 Å². The molecule has 0 radical (unpaired) electrons. The number of halogens is 2. The van der Waals surface area contributed by atoms with Crippen molar-refractivity contribution in [1.29, 1.82) is 0 Å². The van der Waals surface area contributed by atoms with Crippen molar-refractivity contribution in [2.45, 2.75) is 6.54 Å². The molecule has 2 aromatic rings. The lowest BCUT2D eigenvalue weighted by Crippen LogP contribution is -2.18. The quantitative estimate of drug-likeness (QED) is 0.932. The predicted molar refractivity (Wildman–Crippen MR) is 67.3 cm³/mol. The average molecular weight is 270 g/mol. The van der Waals surface area contributed by atoms with Crippen molar-refractivity contribution in [2.75, 3.05) is 5.32 Å². The highest BCUT2D eigenvalue weighted by Crippen LogP contribution is 2.24. The number of aromatic nitrogens is 2. The van der Waals surface area contributed by atoms with Gasteiger partial charge in [0.15, 0.2) is 0 Å². The van der Waals surface area contributed by atoms with Gasteiger partial charge in [-0.1, -0.05) is 23.2 Å². The zero-order valence-electron chi connectivity index (χ0n) is 8.73. The van der Waals surface area contributed by atoms with Gasteiger partial charge in [0.2, 0.25) is 5.91 Å². The van der Waals surface area contributed by atoms with E-state index in [2.05, 4.69) is 10.4 Å². The van der Waals surface area contributed by atoms with Gasteiger partial charge < -0.3 is 5.32 Å². The lowest BCUT2D eigenvalue weighted by Gasteiger charge is -2.06. The molecule has 1 aromatic heterocycles. The maximum Gasteiger partial charge on any atom is 0.246 e. The second-order valence-electron chi connectivity index (χ2n) is 3.38. The van der Waals surface area contributed by atoms with Gasteiger partial charge in [0.1, 0.15) is 6.54 Å². The molecule has 0 aliphatic rings. The number of hydrogen-bond donors (Lipinski definition) is 1. The average Bonchev–Trinajstić information content (AvgIpc) is 2.76. The molecular formula is C11H9Cl2N3O. The molecule has 1 heterocycles. The highest BCUT2D eigenvalue weighted by molar-refractivity contribution is 6.42. The Morgan fingerprint density at radius 2 is 2.18 bits per heavy atom. The Bertz CT molecular complexity index is 526. The Morgan fingerprint density at radius 3 is 2.82 bits per heavy atom. The highest BCUT2D eigenvalue weighted by Gasteiger charge is 2.05. The molecule has 1 amide bonds. The van der Waals surface area contributed by atoms with Crippen LogP contribution in [0, 0.1) is 0 Å². The monoisotopic (exact) mass is 269 g/mol. The zero-order valence-corrected chi connectivity index (χ0v) is 10.2. The number of benzene rings is 1. The van der Waals surface area contributed by atoms with Crippen LogP contribution in [0.15, 0.2) is 36.7 Å². The van der Waals surface area contributed by atoms with Crippen LogP contribution >= 0.6 is 23.2 Å². The first-order valence-corrected chi connectivity index (χ1v) is 5.63. The summed E-state index contributed by atoms with van der Waals surface area (Å²) in [6.45, 7) is 0.160.